The fourth-order valence-corrected chi connectivity index (χ4v) is 1.04. The molecular formula is C6H5N3O2. The van der Waals surface area contributed by atoms with Crippen molar-refractivity contribution in [1.82, 2.24) is 9.97 Å². The average Bonchev–Trinajstić information content (AvgIpc) is 2.34. The fourth-order valence-electron chi connectivity index (χ4n) is 1.04. The van der Waals surface area contributed by atoms with Crippen LogP contribution in [0.2, 0.25) is 0 Å². The molecule has 1 aliphatic rings. The second-order valence-corrected chi connectivity index (χ2v) is 2.25. The molecule has 1 aromatic heterocycles. The number of hydrogen-bond donors (Lipinski definition) is 2. The lowest BCUT2D eigenvalue weighted by Crippen LogP contribution is -2.22. The normalized spacial score (nSPS) is 13.5. The molecule has 0 fully saturated rings. The van der Waals surface area contributed by atoms with E-state index in [0.717, 1.165) is 0 Å². The van der Waals surface area contributed by atoms with E-state index in [1.54, 1.807) is 6.21 Å². The fraction of sp³-hybridized carbons (Fsp3) is 0.167. The van der Waals surface area contributed by atoms with Gasteiger partial charge in [0.05, 0.1) is 5.69 Å². The highest BCUT2D eigenvalue weighted by molar-refractivity contribution is 5.73. The molecular weight excluding hydrogens is 146 g/mol. The van der Waals surface area contributed by atoms with Crippen LogP contribution in [0.15, 0.2) is 14.6 Å². The van der Waals surface area contributed by atoms with Crippen molar-refractivity contribution in [3.63, 3.8) is 0 Å². The van der Waals surface area contributed by atoms with E-state index in [1.807, 2.05) is 0 Å². The molecule has 5 heteroatoms. The van der Waals surface area contributed by atoms with Gasteiger partial charge in [-0.05, 0) is 0 Å². The molecule has 0 bridgehead atoms. The molecule has 0 saturated heterocycles. The van der Waals surface area contributed by atoms with Gasteiger partial charge < -0.3 is 4.98 Å². The summed E-state index contributed by atoms with van der Waals surface area (Å²) < 4.78 is 0. The lowest BCUT2D eigenvalue weighted by atomic mass is 10.3. The molecule has 56 valence electrons. The van der Waals surface area contributed by atoms with Crippen molar-refractivity contribution in [2.45, 2.75) is 6.42 Å². The number of nitrogens with zero attached hydrogens (tertiary/aromatic N) is 1. The second-order valence-electron chi connectivity index (χ2n) is 2.25. The Morgan fingerprint density at radius 2 is 2.18 bits per heavy atom. The minimum Gasteiger partial charge on any atom is -0.309 e. The van der Waals surface area contributed by atoms with Crippen molar-refractivity contribution >= 4 is 11.9 Å². The zero-order chi connectivity index (χ0) is 7.84. The Kier molecular flexibility index (Phi) is 1.06. The van der Waals surface area contributed by atoms with Crippen LogP contribution in [0.4, 0.5) is 5.69 Å². The highest BCUT2D eigenvalue weighted by Gasteiger charge is 2.10. The van der Waals surface area contributed by atoms with Gasteiger partial charge in [-0.1, -0.05) is 0 Å². The number of hydrogen-bond acceptors (Lipinski definition) is 3. The Morgan fingerprint density at radius 1 is 1.36 bits per heavy atom. The van der Waals surface area contributed by atoms with Gasteiger partial charge in [-0.15, -0.1) is 0 Å². The zero-order valence-corrected chi connectivity index (χ0v) is 5.55. The first kappa shape index (κ1) is 6.09. The maximum atomic E-state index is 10.9. The second kappa shape index (κ2) is 1.91. The van der Waals surface area contributed by atoms with E-state index in [4.69, 9.17) is 0 Å². The minimum atomic E-state index is -0.473. The molecule has 0 amide bonds. The van der Waals surface area contributed by atoms with Gasteiger partial charge >= 0.3 is 5.69 Å². The van der Waals surface area contributed by atoms with Gasteiger partial charge in [-0.25, -0.2) is 4.79 Å². The third-order valence-corrected chi connectivity index (χ3v) is 1.51. The third-order valence-electron chi connectivity index (χ3n) is 1.51. The van der Waals surface area contributed by atoms with Crippen molar-refractivity contribution in [2.75, 3.05) is 0 Å². The molecule has 5 nitrogen and oxygen atoms in total. The first-order valence-corrected chi connectivity index (χ1v) is 3.15. The molecule has 2 heterocycles. The third kappa shape index (κ3) is 0.813. The van der Waals surface area contributed by atoms with E-state index in [9.17, 15) is 9.59 Å². The molecule has 0 spiro atoms. The molecule has 1 aliphatic heterocycles. The summed E-state index contributed by atoms with van der Waals surface area (Å²) in [4.78, 5) is 30.0. The summed E-state index contributed by atoms with van der Waals surface area (Å²) in [6.45, 7) is 0. The van der Waals surface area contributed by atoms with Gasteiger partial charge in [-0.2, -0.15) is 0 Å². The summed E-state index contributed by atoms with van der Waals surface area (Å²) in [5.74, 6) is 0. The van der Waals surface area contributed by atoms with Crippen LogP contribution in [-0.2, 0) is 6.42 Å². The standard InChI is InChI=1S/C6H5N3O2/c10-5-4-3(1-2-7-4)8-6(11)9-5/h2H,1H2,(H2,8,9,10,11). The van der Waals surface area contributed by atoms with Crippen LogP contribution in [0.5, 0.6) is 0 Å². The summed E-state index contributed by atoms with van der Waals surface area (Å²) in [7, 11) is 0. The van der Waals surface area contributed by atoms with Crippen molar-refractivity contribution in [2.24, 2.45) is 4.99 Å². The average molecular weight is 151 g/mol. The lowest BCUT2D eigenvalue weighted by Gasteiger charge is -1.91. The number of aliphatic imine (C=N–C) groups is 1. The quantitative estimate of drug-likeness (QED) is 0.515. The SMILES string of the molecule is O=c1[nH]c2c(c(=O)[nH]1)N=CC2. The number of H-pyrrole nitrogens is 2. The molecule has 0 aromatic carbocycles. The van der Waals surface area contributed by atoms with Crippen LogP contribution in [0, 0.1) is 0 Å². The molecule has 2 N–H and O–H groups in total. The van der Waals surface area contributed by atoms with Crippen molar-refractivity contribution in [3.05, 3.63) is 26.5 Å². The molecule has 2 rings (SSSR count). The van der Waals surface area contributed by atoms with Gasteiger partial charge in [0.15, 0.2) is 0 Å². The minimum absolute atomic E-state index is 0.324. The molecule has 0 saturated carbocycles. The van der Waals surface area contributed by atoms with E-state index < -0.39 is 11.2 Å². The summed E-state index contributed by atoms with van der Waals surface area (Å²) in [5.41, 5.74) is 0.0279. The van der Waals surface area contributed by atoms with E-state index in [-0.39, 0.29) is 0 Å². The maximum Gasteiger partial charge on any atom is 0.326 e. The van der Waals surface area contributed by atoms with E-state index >= 15 is 0 Å². The summed E-state index contributed by atoms with van der Waals surface area (Å²) in [5, 5.41) is 0. The van der Waals surface area contributed by atoms with Crippen LogP contribution >= 0.6 is 0 Å². The number of fused-ring (bicyclic) bond motifs is 1. The monoisotopic (exact) mass is 151 g/mol. The highest BCUT2D eigenvalue weighted by atomic mass is 16.2. The molecule has 1 aromatic rings. The Balaban J connectivity index is 2.87. The Bertz CT molecular complexity index is 426. The van der Waals surface area contributed by atoms with Crippen molar-refractivity contribution in [1.29, 1.82) is 0 Å². The maximum absolute atomic E-state index is 10.9. The van der Waals surface area contributed by atoms with Crippen LogP contribution in [0.1, 0.15) is 5.69 Å². The van der Waals surface area contributed by atoms with E-state index in [2.05, 4.69) is 15.0 Å². The topological polar surface area (TPSA) is 78.1 Å². The number of aromatic nitrogens is 2. The zero-order valence-electron chi connectivity index (χ0n) is 5.55. The molecule has 11 heavy (non-hydrogen) atoms. The molecule has 0 radical (unpaired) electrons. The highest BCUT2D eigenvalue weighted by Crippen LogP contribution is 2.13. The van der Waals surface area contributed by atoms with Gasteiger partial charge in [0.25, 0.3) is 5.56 Å². The number of nitrogens with one attached hydrogen (secondary N) is 2. The van der Waals surface area contributed by atoms with E-state index in [0.29, 0.717) is 17.8 Å². The Morgan fingerprint density at radius 3 is 3.00 bits per heavy atom. The Labute approximate surface area is 60.8 Å². The van der Waals surface area contributed by atoms with Gasteiger partial charge in [-0.3, -0.25) is 14.8 Å². The largest absolute Gasteiger partial charge is 0.326 e. The number of aromatic amines is 2. The van der Waals surface area contributed by atoms with Crippen molar-refractivity contribution < 1.29 is 0 Å². The van der Waals surface area contributed by atoms with Gasteiger partial charge in [0.1, 0.15) is 5.69 Å². The summed E-state index contributed by atoms with van der Waals surface area (Å²) in [6.07, 6.45) is 2.13. The van der Waals surface area contributed by atoms with Crippen LogP contribution < -0.4 is 11.2 Å². The predicted octanol–water partition coefficient (Wildman–Crippen LogP) is -0.678. The summed E-state index contributed by atoms with van der Waals surface area (Å²) >= 11 is 0. The van der Waals surface area contributed by atoms with E-state index in [1.165, 1.54) is 0 Å². The first-order chi connectivity index (χ1) is 5.27. The molecule has 0 unspecified atom stereocenters. The Hall–Kier alpha value is -1.65. The van der Waals surface area contributed by atoms with Gasteiger partial charge in [0.2, 0.25) is 0 Å². The number of rotatable bonds is 0. The first-order valence-electron chi connectivity index (χ1n) is 3.15. The predicted molar refractivity (Wildman–Crippen MR) is 39.5 cm³/mol. The van der Waals surface area contributed by atoms with Crippen LogP contribution in [0.3, 0.4) is 0 Å². The lowest BCUT2D eigenvalue weighted by molar-refractivity contribution is 0.992. The van der Waals surface area contributed by atoms with Crippen LogP contribution in [0.25, 0.3) is 0 Å². The summed E-state index contributed by atoms with van der Waals surface area (Å²) in [6, 6.07) is 0. The smallest absolute Gasteiger partial charge is 0.309 e. The van der Waals surface area contributed by atoms with Crippen LogP contribution in [-0.4, -0.2) is 16.2 Å². The van der Waals surface area contributed by atoms with Crippen molar-refractivity contribution in [3.8, 4) is 0 Å². The molecule has 0 atom stereocenters. The molecule has 0 aliphatic carbocycles. The van der Waals surface area contributed by atoms with Gasteiger partial charge in [0, 0.05) is 12.6 Å².